The van der Waals surface area contributed by atoms with Crippen LogP contribution in [0.1, 0.15) is 16.7 Å². The summed E-state index contributed by atoms with van der Waals surface area (Å²) in [7, 11) is 0. The summed E-state index contributed by atoms with van der Waals surface area (Å²) in [5.74, 6) is 0.626. The van der Waals surface area contributed by atoms with E-state index in [4.69, 9.17) is 16.3 Å². The van der Waals surface area contributed by atoms with E-state index in [0.29, 0.717) is 21.7 Å². The Morgan fingerprint density at radius 1 is 1.03 bits per heavy atom. The van der Waals surface area contributed by atoms with Crippen LogP contribution >= 0.6 is 23.4 Å². The molecule has 0 aromatic heterocycles. The molecule has 1 N–H and O–H groups in total. The van der Waals surface area contributed by atoms with E-state index in [-0.39, 0.29) is 5.91 Å². The van der Waals surface area contributed by atoms with Gasteiger partial charge in [-0.3, -0.25) is 4.79 Å². The molecule has 3 aromatic carbocycles. The number of thioether (sulfide) groups is 1. The molecule has 4 rings (SSSR count). The predicted molar refractivity (Wildman–Crippen MR) is 124 cm³/mol. The molecule has 1 fully saturated rings. The second-order valence-electron chi connectivity index (χ2n) is 6.74. The normalized spacial score (nSPS) is 16.1. The van der Waals surface area contributed by atoms with Crippen LogP contribution in [0.3, 0.4) is 0 Å². The Balaban J connectivity index is 1.41. The highest BCUT2D eigenvalue weighted by Crippen LogP contribution is 2.29. The smallest absolute Gasteiger partial charge is 0.264 e. The topological polar surface area (TPSA) is 50.7 Å². The van der Waals surface area contributed by atoms with Crippen LogP contribution in [0.5, 0.6) is 5.75 Å². The van der Waals surface area contributed by atoms with E-state index in [1.807, 2.05) is 42.5 Å². The third-order valence-electron chi connectivity index (χ3n) is 4.54. The van der Waals surface area contributed by atoms with Gasteiger partial charge in [-0.05, 0) is 77.9 Å². The second kappa shape index (κ2) is 9.20. The van der Waals surface area contributed by atoms with Crippen molar-refractivity contribution in [3.8, 4) is 5.75 Å². The molecule has 6 heteroatoms. The standard InChI is InChI=1S/C24H19ClN2O2S/c1-16-4-2-3-5-18(16)15-29-21-12-6-17(7-13-21)14-22-23(28)27-24(30-22)26-20-10-8-19(25)9-11-20/h2-14H,15H2,1H3,(H,26,27,28)/b22-14-. The van der Waals surface area contributed by atoms with Crippen LogP contribution in [-0.4, -0.2) is 11.1 Å². The summed E-state index contributed by atoms with van der Waals surface area (Å²) in [6, 6.07) is 23.0. The van der Waals surface area contributed by atoms with Crippen LogP contribution in [-0.2, 0) is 11.4 Å². The maximum atomic E-state index is 12.3. The number of nitrogens with one attached hydrogen (secondary N) is 1. The van der Waals surface area contributed by atoms with Gasteiger partial charge in [0.05, 0.1) is 10.6 Å². The van der Waals surface area contributed by atoms with Gasteiger partial charge in [0.15, 0.2) is 5.17 Å². The lowest BCUT2D eigenvalue weighted by molar-refractivity contribution is -0.115. The van der Waals surface area contributed by atoms with Crippen molar-refractivity contribution in [1.82, 2.24) is 5.32 Å². The Morgan fingerprint density at radius 2 is 1.77 bits per heavy atom. The first kappa shape index (κ1) is 20.3. The molecule has 30 heavy (non-hydrogen) atoms. The molecule has 0 unspecified atom stereocenters. The van der Waals surface area contributed by atoms with Gasteiger partial charge >= 0.3 is 0 Å². The zero-order valence-corrected chi connectivity index (χ0v) is 17.8. The number of benzene rings is 3. The maximum Gasteiger partial charge on any atom is 0.264 e. The lowest BCUT2D eigenvalue weighted by atomic mass is 10.1. The molecule has 1 amide bonds. The van der Waals surface area contributed by atoms with Crippen molar-refractivity contribution < 1.29 is 9.53 Å². The number of amidine groups is 1. The van der Waals surface area contributed by atoms with Crippen molar-refractivity contribution in [2.24, 2.45) is 4.99 Å². The van der Waals surface area contributed by atoms with Crippen molar-refractivity contribution in [3.05, 3.63) is 99.4 Å². The summed E-state index contributed by atoms with van der Waals surface area (Å²) in [5.41, 5.74) is 4.02. The van der Waals surface area contributed by atoms with Gasteiger partial charge in [-0.2, -0.15) is 0 Å². The van der Waals surface area contributed by atoms with Crippen LogP contribution < -0.4 is 10.1 Å². The quantitative estimate of drug-likeness (QED) is 0.492. The molecule has 1 saturated heterocycles. The van der Waals surface area contributed by atoms with E-state index in [1.165, 1.54) is 17.3 Å². The zero-order valence-electron chi connectivity index (χ0n) is 16.3. The van der Waals surface area contributed by atoms with E-state index in [2.05, 4.69) is 29.4 Å². The summed E-state index contributed by atoms with van der Waals surface area (Å²) in [4.78, 5) is 17.3. The fourth-order valence-electron chi connectivity index (χ4n) is 2.86. The van der Waals surface area contributed by atoms with Gasteiger partial charge in [-0.15, -0.1) is 0 Å². The first-order valence-corrected chi connectivity index (χ1v) is 10.6. The largest absolute Gasteiger partial charge is 0.489 e. The van der Waals surface area contributed by atoms with Crippen molar-refractivity contribution in [1.29, 1.82) is 0 Å². The molecule has 0 aliphatic carbocycles. The van der Waals surface area contributed by atoms with Crippen LogP contribution in [0.2, 0.25) is 5.02 Å². The average Bonchev–Trinajstić information content (AvgIpc) is 3.09. The summed E-state index contributed by atoms with van der Waals surface area (Å²) in [5, 5.41) is 3.99. The lowest BCUT2D eigenvalue weighted by Crippen LogP contribution is -2.19. The molecular weight excluding hydrogens is 416 g/mol. The number of aryl methyl sites for hydroxylation is 1. The number of amides is 1. The number of carbonyl (C=O) groups excluding carboxylic acids is 1. The Kier molecular flexibility index (Phi) is 6.21. The van der Waals surface area contributed by atoms with Gasteiger partial charge in [0, 0.05) is 5.02 Å². The number of hydrogen-bond donors (Lipinski definition) is 1. The van der Waals surface area contributed by atoms with Gasteiger partial charge in [0.1, 0.15) is 12.4 Å². The highest BCUT2D eigenvalue weighted by molar-refractivity contribution is 8.18. The summed E-state index contributed by atoms with van der Waals surface area (Å²) < 4.78 is 5.88. The molecular formula is C24H19ClN2O2S. The summed E-state index contributed by atoms with van der Waals surface area (Å²) in [6.07, 6.45) is 1.84. The Bertz CT molecular complexity index is 1120. The van der Waals surface area contributed by atoms with Gasteiger partial charge in [0.2, 0.25) is 0 Å². The van der Waals surface area contributed by atoms with E-state index in [1.54, 1.807) is 24.3 Å². The highest BCUT2D eigenvalue weighted by atomic mass is 35.5. The Labute approximate surface area is 184 Å². The Hall–Kier alpha value is -3.02. The highest BCUT2D eigenvalue weighted by Gasteiger charge is 2.23. The third-order valence-corrected chi connectivity index (χ3v) is 5.70. The lowest BCUT2D eigenvalue weighted by Gasteiger charge is -2.08. The first-order valence-electron chi connectivity index (χ1n) is 9.39. The minimum absolute atomic E-state index is 0.160. The molecule has 0 atom stereocenters. The van der Waals surface area contributed by atoms with Gasteiger partial charge in [-0.25, -0.2) is 4.99 Å². The van der Waals surface area contributed by atoms with Gasteiger partial charge < -0.3 is 10.1 Å². The zero-order chi connectivity index (χ0) is 20.9. The van der Waals surface area contributed by atoms with E-state index in [9.17, 15) is 4.79 Å². The van der Waals surface area contributed by atoms with E-state index < -0.39 is 0 Å². The summed E-state index contributed by atoms with van der Waals surface area (Å²) >= 11 is 7.20. The number of hydrogen-bond acceptors (Lipinski definition) is 4. The third kappa shape index (κ3) is 5.12. The fourth-order valence-corrected chi connectivity index (χ4v) is 3.83. The number of nitrogens with zero attached hydrogens (tertiary/aromatic N) is 1. The SMILES string of the molecule is Cc1ccccc1COc1ccc(/C=C2\SC(=Nc3ccc(Cl)cc3)NC2=O)cc1. The number of aliphatic imine (C=N–C) groups is 1. The Morgan fingerprint density at radius 3 is 2.50 bits per heavy atom. The molecule has 1 aliphatic rings. The van der Waals surface area contributed by atoms with Crippen LogP contribution in [0.25, 0.3) is 6.08 Å². The van der Waals surface area contributed by atoms with Crippen LogP contribution in [0.15, 0.2) is 82.7 Å². The van der Waals surface area contributed by atoms with Crippen molar-refractivity contribution in [2.75, 3.05) is 0 Å². The molecule has 3 aromatic rings. The van der Waals surface area contributed by atoms with Crippen molar-refractivity contribution in [2.45, 2.75) is 13.5 Å². The van der Waals surface area contributed by atoms with Crippen molar-refractivity contribution in [3.63, 3.8) is 0 Å². The average molecular weight is 435 g/mol. The molecule has 0 bridgehead atoms. The van der Waals surface area contributed by atoms with Crippen LogP contribution in [0.4, 0.5) is 5.69 Å². The van der Waals surface area contributed by atoms with E-state index >= 15 is 0 Å². The fraction of sp³-hybridized carbons (Fsp3) is 0.0833. The van der Waals surface area contributed by atoms with Crippen molar-refractivity contribution >= 4 is 46.2 Å². The second-order valence-corrected chi connectivity index (χ2v) is 8.21. The van der Waals surface area contributed by atoms with E-state index in [0.717, 1.165) is 22.6 Å². The monoisotopic (exact) mass is 434 g/mol. The molecule has 150 valence electrons. The maximum absolute atomic E-state index is 12.3. The molecule has 4 nitrogen and oxygen atoms in total. The molecule has 0 saturated carbocycles. The number of halogens is 1. The first-order chi connectivity index (χ1) is 14.6. The molecule has 0 radical (unpaired) electrons. The molecule has 1 heterocycles. The van der Waals surface area contributed by atoms with Crippen LogP contribution in [0, 0.1) is 6.92 Å². The minimum atomic E-state index is -0.160. The number of ether oxygens (including phenoxy) is 1. The predicted octanol–water partition coefficient (Wildman–Crippen LogP) is 6.12. The van der Waals surface area contributed by atoms with Gasteiger partial charge in [0.25, 0.3) is 5.91 Å². The number of rotatable bonds is 5. The number of carbonyl (C=O) groups is 1. The minimum Gasteiger partial charge on any atom is -0.489 e. The summed E-state index contributed by atoms with van der Waals surface area (Å²) in [6.45, 7) is 2.60. The van der Waals surface area contributed by atoms with Gasteiger partial charge in [-0.1, -0.05) is 48.0 Å². The molecule has 0 spiro atoms. The molecule has 1 aliphatic heterocycles.